The lowest BCUT2D eigenvalue weighted by Gasteiger charge is -2.26. The van der Waals surface area contributed by atoms with Gasteiger partial charge >= 0.3 is 0 Å². The molecule has 9 amide bonds. The average molecular weight is 970 g/mol. The van der Waals surface area contributed by atoms with E-state index in [1.165, 1.54) is 19.4 Å². The van der Waals surface area contributed by atoms with Crippen molar-refractivity contribution >= 4 is 64.1 Å². The van der Waals surface area contributed by atoms with E-state index >= 15 is 0 Å². The number of imidazole rings is 1. The molecule has 0 aliphatic heterocycles. The number of nitrogens with zero attached hydrogens (tertiary/aromatic N) is 1. The molecule has 0 unspecified atom stereocenters. The van der Waals surface area contributed by atoms with E-state index in [0.29, 0.717) is 11.3 Å². The minimum Gasteiger partial charge on any atom is -0.370 e. The Morgan fingerprint density at radius 2 is 1.24 bits per heavy atom. The molecular formula is C48H67N13O9. The number of aromatic amines is 2. The number of carbonyl (C=O) groups excluding carboxylic acids is 9. The number of carbonyl (C=O) groups is 9. The summed E-state index contributed by atoms with van der Waals surface area (Å²) in [5.41, 5.74) is 19.5. The monoisotopic (exact) mass is 970 g/mol. The first kappa shape index (κ1) is 55.0. The Kier molecular flexibility index (Phi) is 21.0. The Labute approximate surface area is 406 Å². The van der Waals surface area contributed by atoms with Gasteiger partial charge in [0, 0.05) is 67.6 Å². The summed E-state index contributed by atoms with van der Waals surface area (Å²) in [7, 11) is 0. The number of aromatic nitrogens is 3. The standard InChI is InChI=1S/C48H67N13O9/c1-26(2)19-35(42(51)64)58-46(68)36(20-29-11-7-6-8-12-29)60-47(69)38(22-31-24-52-25-55-31)57-40(63)17-18-53-48(70)41(27(3)4)61-43(65)28(5)56-45(67)37(59-44(66)33(49)15-16-39(50)62)21-30-23-54-34-14-10-9-13-32(30)34/h6-14,23-28,33,35-38,41,54H,15-22,49H2,1-5H3,(H2,50,62)(H2,51,64)(H,52,55)(H,53,70)(H,56,67)(H,57,63)(H,58,68)(H,59,66)(H,60,69)(H,61,65)/t28-,33-,35-,36-,37+,38-,41-/m0/s1. The van der Waals surface area contributed by atoms with Crippen LogP contribution in [-0.4, -0.2) is 117 Å². The Morgan fingerprint density at radius 3 is 1.87 bits per heavy atom. The molecule has 2 heterocycles. The van der Waals surface area contributed by atoms with Crippen LogP contribution in [0.25, 0.3) is 10.9 Å². The number of hydrogen-bond donors (Lipinski definition) is 12. The van der Waals surface area contributed by atoms with Crippen LogP contribution in [0.5, 0.6) is 0 Å². The summed E-state index contributed by atoms with van der Waals surface area (Å²) >= 11 is 0. The van der Waals surface area contributed by atoms with Gasteiger partial charge in [0.2, 0.25) is 53.2 Å². The zero-order valence-electron chi connectivity index (χ0n) is 40.1. The van der Waals surface area contributed by atoms with E-state index in [-0.39, 0.29) is 57.4 Å². The van der Waals surface area contributed by atoms with Crippen LogP contribution >= 0.6 is 0 Å². The molecule has 0 saturated heterocycles. The fourth-order valence-electron chi connectivity index (χ4n) is 7.45. The molecule has 0 aliphatic rings. The summed E-state index contributed by atoms with van der Waals surface area (Å²) in [4.78, 5) is 128. The van der Waals surface area contributed by atoms with E-state index in [1.807, 2.05) is 38.1 Å². The van der Waals surface area contributed by atoms with Crippen LogP contribution in [-0.2, 0) is 62.4 Å². The number of fused-ring (bicyclic) bond motifs is 1. The molecule has 22 nitrogen and oxygen atoms in total. The number of nitrogens with one attached hydrogen (secondary N) is 9. The van der Waals surface area contributed by atoms with E-state index < -0.39 is 101 Å². The second kappa shape index (κ2) is 26.8. The number of rotatable bonds is 28. The number of hydrogen-bond acceptors (Lipinski definition) is 11. The summed E-state index contributed by atoms with van der Waals surface area (Å²) in [5, 5.41) is 19.4. The van der Waals surface area contributed by atoms with E-state index in [9.17, 15) is 43.2 Å². The minimum absolute atomic E-state index is 0.0148. The topological polar surface area (TPSA) is 360 Å². The van der Waals surface area contributed by atoms with Gasteiger partial charge in [0.1, 0.15) is 36.3 Å². The van der Waals surface area contributed by atoms with Crippen molar-refractivity contribution in [3.63, 3.8) is 0 Å². The molecule has 22 heteroatoms. The number of nitrogens with two attached hydrogens (primary N) is 3. The number of amides is 9. The van der Waals surface area contributed by atoms with Crippen LogP contribution in [0.1, 0.15) is 77.1 Å². The fraction of sp³-hybridized carbons (Fsp3) is 0.458. The van der Waals surface area contributed by atoms with Crippen molar-refractivity contribution in [1.82, 2.24) is 52.2 Å². The summed E-state index contributed by atoms with van der Waals surface area (Å²) in [5.74, 6) is -6.54. The average Bonchev–Trinajstić information content (AvgIpc) is 3.98. The Morgan fingerprint density at radius 1 is 0.629 bits per heavy atom. The molecule has 7 atom stereocenters. The van der Waals surface area contributed by atoms with Gasteiger partial charge in [-0.25, -0.2) is 4.98 Å². The maximum Gasteiger partial charge on any atom is 0.243 e. The molecule has 378 valence electrons. The summed E-state index contributed by atoms with van der Waals surface area (Å²) in [6, 6.07) is 8.26. The third-order valence-electron chi connectivity index (χ3n) is 11.3. The first-order valence-corrected chi connectivity index (χ1v) is 23.2. The van der Waals surface area contributed by atoms with E-state index in [1.54, 1.807) is 50.4 Å². The molecule has 2 aromatic heterocycles. The second-order valence-corrected chi connectivity index (χ2v) is 18.0. The molecule has 0 spiro atoms. The van der Waals surface area contributed by atoms with Crippen molar-refractivity contribution in [3.8, 4) is 0 Å². The van der Waals surface area contributed by atoms with Gasteiger partial charge in [-0.2, -0.15) is 0 Å². The van der Waals surface area contributed by atoms with Gasteiger partial charge in [-0.15, -0.1) is 0 Å². The molecule has 0 saturated carbocycles. The molecular weight excluding hydrogens is 903 g/mol. The normalized spacial score (nSPS) is 14.2. The highest BCUT2D eigenvalue weighted by Crippen LogP contribution is 2.20. The van der Waals surface area contributed by atoms with Crippen LogP contribution in [0.2, 0.25) is 0 Å². The van der Waals surface area contributed by atoms with Crippen LogP contribution in [0, 0.1) is 11.8 Å². The van der Waals surface area contributed by atoms with Crippen molar-refractivity contribution in [2.24, 2.45) is 29.0 Å². The van der Waals surface area contributed by atoms with Gasteiger partial charge < -0.3 is 64.4 Å². The molecule has 0 bridgehead atoms. The third-order valence-corrected chi connectivity index (χ3v) is 11.3. The zero-order chi connectivity index (χ0) is 51.5. The van der Waals surface area contributed by atoms with Gasteiger partial charge in [0.15, 0.2) is 0 Å². The lowest BCUT2D eigenvalue weighted by molar-refractivity contribution is -0.134. The molecule has 2 aromatic carbocycles. The van der Waals surface area contributed by atoms with Crippen molar-refractivity contribution < 1.29 is 43.2 Å². The number of benzene rings is 2. The van der Waals surface area contributed by atoms with Gasteiger partial charge in [-0.1, -0.05) is 76.2 Å². The molecule has 70 heavy (non-hydrogen) atoms. The van der Waals surface area contributed by atoms with E-state index in [4.69, 9.17) is 17.2 Å². The predicted molar refractivity (Wildman–Crippen MR) is 259 cm³/mol. The van der Waals surface area contributed by atoms with Crippen LogP contribution < -0.4 is 54.4 Å². The lowest BCUT2D eigenvalue weighted by atomic mass is 10.0. The number of primary amides is 2. The van der Waals surface area contributed by atoms with Gasteiger partial charge in [0.25, 0.3) is 0 Å². The lowest BCUT2D eigenvalue weighted by Crippen LogP contribution is -2.58. The Hall–Kier alpha value is -7.62. The molecule has 15 N–H and O–H groups in total. The fourth-order valence-corrected chi connectivity index (χ4v) is 7.45. The molecule has 4 aromatic rings. The maximum atomic E-state index is 13.9. The van der Waals surface area contributed by atoms with E-state index in [0.717, 1.165) is 16.5 Å². The first-order valence-electron chi connectivity index (χ1n) is 23.2. The van der Waals surface area contributed by atoms with Crippen LogP contribution in [0.3, 0.4) is 0 Å². The van der Waals surface area contributed by atoms with Gasteiger partial charge in [-0.05, 0) is 48.8 Å². The highest BCUT2D eigenvalue weighted by Gasteiger charge is 2.32. The zero-order valence-corrected chi connectivity index (χ0v) is 40.1. The SMILES string of the molecule is CC(C)C[C@H](NC(=O)[C@H](Cc1ccccc1)NC(=O)[C@H](Cc1cnc[nH]1)NC(=O)CCNC(=O)[C@@H](NC(=O)[C@H](C)NC(=O)[C@@H](Cc1c[nH]c2ccccc12)NC(=O)[C@@H](N)CCC(N)=O)C(C)C)C(N)=O. The second-order valence-electron chi connectivity index (χ2n) is 18.0. The van der Waals surface area contributed by atoms with Crippen molar-refractivity contribution in [3.05, 3.63) is 90.1 Å². The number of para-hydroxylation sites is 1. The van der Waals surface area contributed by atoms with Gasteiger partial charge in [0.05, 0.1) is 12.4 Å². The third kappa shape index (κ3) is 17.5. The van der Waals surface area contributed by atoms with Crippen molar-refractivity contribution in [2.45, 2.75) is 122 Å². The smallest absolute Gasteiger partial charge is 0.243 e. The largest absolute Gasteiger partial charge is 0.370 e. The van der Waals surface area contributed by atoms with Crippen LogP contribution in [0.4, 0.5) is 0 Å². The first-order chi connectivity index (χ1) is 33.2. The van der Waals surface area contributed by atoms with Gasteiger partial charge in [-0.3, -0.25) is 43.2 Å². The number of H-pyrrole nitrogens is 2. The molecule has 0 aliphatic carbocycles. The minimum atomic E-state index is -1.22. The quantitative estimate of drug-likeness (QED) is 0.0332. The molecule has 0 radical (unpaired) electrons. The highest BCUT2D eigenvalue weighted by molar-refractivity contribution is 5.96. The molecule has 4 rings (SSSR count). The van der Waals surface area contributed by atoms with E-state index in [2.05, 4.69) is 52.2 Å². The highest BCUT2D eigenvalue weighted by atomic mass is 16.2. The summed E-state index contributed by atoms with van der Waals surface area (Å²) in [6.45, 7) is 8.34. The van der Waals surface area contributed by atoms with Crippen molar-refractivity contribution in [1.29, 1.82) is 0 Å². The molecule has 0 fully saturated rings. The summed E-state index contributed by atoms with van der Waals surface area (Å²) in [6.07, 6.45) is 4.41. The maximum absolute atomic E-state index is 13.9. The summed E-state index contributed by atoms with van der Waals surface area (Å²) < 4.78 is 0. The predicted octanol–water partition coefficient (Wildman–Crippen LogP) is -0.866. The van der Waals surface area contributed by atoms with Crippen LogP contribution in [0.15, 0.2) is 73.3 Å². The van der Waals surface area contributed by atoms with Crippen molar-refractivity contribution in [2.75, 3.05) is 6.54 Å². The Bertz CT molecular complexity index is 2420. The Balaban J connectivity index is 1.38.